The lowest BCUT2D eigenvalue weighted by molar-refractivity contribution is -0.155. The molecule has 1 aromatic rings. The molecule has 0 fully saturated rings. The highest BCUT2D eigenvalue weighted by molar-refractivity contribution is 6.31. The van der Waals surface area contributed by atoms with Gasteiger partial charge in [-0.1, -0.05) is 35.0 Å². The zero-order valence-electron chi connectivity index (χ0n) is 10.7. The molecule has 4 N–H and O–H groups in total. The van der Waals surface area contributed by atoms with Crippen LogP contribution in [-0.2, 0) is 0 Å². The second-order valence-electron chi connectivity index (χ2n) is 4.27. The first-order chi connectivity index (χ1) is 9.27. The van der Waals surface area contributed by atoms with Gasteiger partial charge in [0, 0.05) is 17.6 Å². The number of hydrogen-bond acceptors (Lipinski definition) is 3. The molecule has 1 aromatic carbocycles. The van der Waals surface area contributed by atoms with Crippen molar-refractivity contribution < 1.29 is 18.4 Å². The first kappa shape index (κ1) is 16.6. The van der Waals surface area contributed by atoms with Crippen molar-refractivity contribution in [2.24, 2.45) is 16.8 Å². The molecule has 0 radical (unpaired) electrons. The van der Waals surface area contributed by atoms with Gasteiger partial charge in [0.1, 0.15) is 5.92 Å². The van der Waals surface area contributed by atoms with Gasteiger partial charge < -0.3 is 16.3 Å². The number of nitrogens with one attached hydrogen (secondary N) is 1. The van der Waals surface area contributed by atoms with Crippen molar-refractivity contribution in [2.75, 3.05) is 6.54 Å². The molecule has 0 bridgehead atoms. The summed E-state index contributed by atoms with van der Waals surface area (Å²) in [6.07, 6.45) is -4.59. The SMILES string of the molecule is C[C@H](NCC(/C(N)=N/O)C(F)(F)F)c1ccccc1Cl. The Labute approximate surface area is 119 Å². The van der Waals surface area contributed by atoms with E-state index in [1.807, 2.05) is 0 Å². The summed E-state index contributed by atoms with van der Waals surface area (Å²) < 4.78 is 38.3. The molecule has 2 atom stereocenters. The monoisotopic (exact) mass is 309 g/mol. The predicted molar refractivity (Wildman–Crippen MR) is 70.8 cm³/mol. The standard InChI is InChI=1S/C12H15ClF3N3O/c1-7(8-4-2-3-5-10(8)13)18-6-9(11(17)19-20)12(14,15)16/h2-5,7,9,18,20H,6H2,1H3,(H2,17,19)/t7-,9?/m0/s1. The summed E-state index contributed by atoms with van der Waals surface area (Å²) in [5.41, 5.74) is 5.75. The molecule has 1 rings (SSSR count). The van der Waals surface area contributed by atoms with Gasteiger partial charge >= 0.3 is 6.18 Å². The topological polar surface area (TPSA) is 70.6 Å². The van der Waals surface area contributed by atoms with Crippen LogP contribution in [0.5, 0.6) is 0 Å². The molecule has 0 spiro atoms. The summed E-state index contributed by atoms with van der Waals surface area (Å²) in [4.78, 5) is 0. The molecule has 4 nitrogen and oxygen atoms in total. The Morgan fingerprint density at radius 1 is 1.45 bits per heavy atom. The van der Waals surface area contributed by atoms with E-state index in [1.54, 1.807) is 31.2 Å². The van der Waals surface area contributed by atoms with Crippen LogP contribution < -0.4 is 11.1 Å². The Kier molecular flexibility index (Phi) is 5.64. The van der Waals surface area contributed by atoms with Crippen LogP contribution in [0.15, 0.2) is 29.4 Å². The second-order valence-corrected chi connectivity index (χ2v) is 4.68. The number of rotatable bonds is 5. The van der Waals surface area contributed by atoms with Crippen LogP contribution in [0.4, 0.5) is 13.2 Å². The average molecular weight is 310 g/mol. The third-order valence-corrected chi connectivity index (χ3v) is 3.21. The minimum absolute atomic E-state index is 0.403. The molecule has 0 saturated carbocycles. The zero-order chi connectivity index (χ0) is 15.3. The Bertz CT molecular complexity index is 479. The molecular weight excluding hydrogens is 295 g/mol. The van der Waals surface area contributed by atoms with Crippen LogP contribution in [0, 0.1) is 5.92 Å². The lowest BCUT2D eigenvalue weighted by Crippen LogP contribution is -2.43. The largest absolute Gasteiger partial charge is 0.409 e. The van der Waals surface area contributed by atoms with Crippen molar-refractivity contribution in [3.05, 3.63) is 34.9 Å². The van der Waals surface area contributed by atoms with Crippen LogP contribution >= 0.6 is 11.6 Å². The van der Waals surface area contributed by atoms with Crippen LogP contribution in [0.3, 0.4) is 0 Å². The molecular formula is C12H15ClF3N3O. The normalized spacial score (nSPS) is 15.9. The van der Waals surface area contributed by atoms with Gasteiger partial charge in [-0.05, 0) is 18.6 Å². The molecule has 0 saturated heterocycles. The minimum Gasteiger partial charge on any atom is -0.409 e. The molecule has 0 aliphatic rings. The molecule has 1 unspecified atom stereocenters. The Balaban J connectivity index is 2.76. The third kappa shape index (κ3) is 4.28. The summed E-state index contributed by atoms with van der Waals surface area (Å²) in [6.45, 7) is 1.17. The highest BCUT2D eigenvalue weighted by Crippen LogP contribution is 2.27. The van der Waals surface area contributed by atoms with Crippen LogP contribution in [0.1, 0.15) is 18.5 Å². The van der Waals surface area contributed by atoms with Crippen LogP contribution in [0.25, 0.3) is 0 Å². The summed E-state index contributed by atoms with van der Waals surface area (Å²) in [7, 11) is 0. The third-order valence-electron chi connectivity index (χ3n) is 2.87. The first-order valence-electron chi connectivity index (χ1n) is 5.79. The van der Waals surface area contributed by atoms with E-state index >= 15 is 0 Å². The maximum atomic E-state index is 12.8. The number of amidine groups is 1. The van der Waals surface area contributed by atoms with Gasteiger partial charge in [0.2, 0.25) is 0 Å². The highest BCUT2D eigenvalue weighted by atomic mass is 35.5. The van der Waals surface area contributed by atoms with Crippen LogP contribution in [-0.4, -0.2) is 23.8 Å². The Hall–Kier alpha value is -1.47. The van der Waals surface area contributed by atoms with Gasteiger partial charge in [0.05, 0.1) is 0 Å². The first-order valence-corrected chi connectivity index (χ1v) is 6.17. The van der Waals surface area contributed by atoms with E-state index in [-0.39, 0.29) is 0 Å². The number of alkyl halides is 3. The Morgan fingerprint density at radius 2 is 2.05 bits per heavy atom. The van der Waals surface area contributed by atoms with Gasteiger partial charge in [-0.25, -0.2) is 0 Å². The molecule has 0 aliphatic carbocycles. The van der Waals surface area contributed by atoms with Crippen molar-refractivity contribution >= 4 is 17.4 Å². The lowest BCUT2D eigenvalue weighted by Gasteiger charge is -2.22. The predicted octanol–water partition coefficient (Wildman–Crippen LogP) is 2.92. The summed E-state index contributed by atoms with van der Waals surface area (Å²) in [5.74, 6) is -2.94. The molecule has 20 heavy (non-hydrogen) atoms. The molecule has 8 heteroatoms. The van der Waals surface area contributed by atoms with Crippen molar-refractivity contribution in [3.63, 3.8) is 0 Å². The lowest BCUT2D eigenvalue weighted by atomic mass is 10.1. The van der Waals surface area contributed by atoms with E-state index in [4.69, 9.17) is 22.5 Å². The van der Waals surface area contributed by atoms with Gasteiger partial charge in [-0.15, -0.1) is 0 Å². The van der Waals surface area contributed by atoms with E-state index in [9.17, 15) is 13.2 Å². The maximum Gasteiger partial charge on any atom is 0.400 e. The van der Waals surface area contributed by atoms with Crippen molar-refractivity contribution in [3.8, 4) is 0 Å². The molecule has 0 aliphatic heterocycles. The van der Waals surface area contributed by atoms with E-state index in [0.29, 0.717) is 10.6 Å². The number of halogens is 4. The summed E-state index contributed by atoms with van der Waals surface area (Å²) in [6, 6.07) is 6.43. The maximum absolute atomic E-state index is 12.8. The molecule has 0 heterocycles. The number of benzene rings is 1. The number of hydrogen-bond donors (Lipinski definition) is 3. The quantitative estimate of drug-likeness (QED) is 0.339. The van der Waals surface area contributed by atoms with Crippen molar-refractivity contribution in [1.82, 2.24) is 5.32 Å². The fourth-order valence-electron chi connectivity index (χ4n) is 1.69. The minimum atomic E-state index is -4.59. The van der Waals surface area contributed by atoms with Crippen molar-refractivity contribution in [2.45, 2.75) is 19.1 Å². The molecule has 0 aromatic heterocycles. The highest BCUT2D eigenvalue weighted by Gasteiger charge is 2.42. The number of nitrogens with two attached hydrogens (primary N) is 1. The second kappa shape index (κ2) is 6.81. The van der Waals surface area contributed by atoms with Gasteiger partial charge in [0.25, 0.3) is 0 Å². The zero-order valence-corrected chi connectivity index (χ0v) is 11.4. The van der Waals surface area contributed by atoms with Gasteiger partial charge in [0.15, 0.2) is 5.84 Å². The Morgan fingerprint density at radius 3 is 2.55 bits per heavy atom. The van der Waals surface area contributed by atoms with E-state index in [0.717, 1.165) is 0 Å². The van der Waals surface area contributed by atoms with E-state index in [2.05, 4.69) is 10.5 Å². The van der Waals surface area contributed by atoms with E-state index < -0.39 is 30.5 Å². The summed E-state index contributed by atoms with van der Waals surface area (Å²) >= 11 is 5.96. The van der Waals surface area contributed by atoms with Crippen LogP contribution in [0.2, 0.25) is 5.02 Å². The molecule has 112 valence electrons. The number of nitrogens with zero attached hydrogens (tertiary/aromatic N) is 1. The van der Waals surface area contributed by atoms with E-state index in [1.165, 1.54) is 0 Å². The average Bonchev–Trinajstić information content (AvgIpc) is 2.37. The van der Waals surface area contributed by atoms with Gasteiger partial charge in [-0.2, -0.15) is 13.2 Å². The number of oxime groups is 1. The fourth-order valence-corrected chi connectivity index (χ4v) is 1.99. The fraction of sp³-hybridized carbons (Fsp3) is 0.417. The smallest absolute Gasteiger partial charge is 0.400 e. The summed E-state index contributed by atoms with van der Waals surface area (Å²) in [5, 5.41) is 14.0. The van der Waals surface area contributed by atoms with Gasteiger partial charge in [-0.3, -0.25) is 0 Å². The van der Waals surface area contributed by atoms with Crippen molar-refractivity contribution in [1.29, 1.82) is 0 Å². The molecule has 0 amide bonds.